The molecule has 1 aliphatic rings. The van der Waals surface area contributed by atoms with Crippen molar-refractivity contribution in [1.29, 1.82) is 0 Å². The number of benzene rings is 6. The number of nitrogens with zero attached hydrogens (tertiary/aromatic N) is 10. The third-order valence-electron chi connectivity index (χ3n) is 9.72. The average molecular weight is 761 g/mol. The highest BCUT2D eigenvalue weighted by atomic mass is 16.1. The molecule has 0 saturated carbocycles. The fourth-order valence-electron chi connectivity index (χ4n) is 6.91. The number of aromatic nitrogens is 4. The van der Waals surface area contributed by atoms with Crippen LogP contribution < -0.4 is 10.9 Å². The molecule has 0 amide bonds. The van der Waals surface area contributed by atoms with Crippen molar-refractivity contribution in [1.82, 2.24) is 19.1 Å². The van der Waals surface area contributed by atoms with E-state index in [1.807, 2.05) is 118 Å². The van der Waals surface area contributed by atoms with Crippen molar-refractivity contribution in [2.45, 2.75) is 26.9 Å². The Balaban J connectivity index is 0.901. The van der Waals surface area contributed by atoms with E-state index < -0.39 is 0 Å². The number of nitrogens with one attached hydrogen (secondary N) is 2. The summed E-state index contributed by atoms with van der Waals surface area (Å²) in [4.78, 5) is 22.8. The summed E-state index contributed by atoms with van der Waals surface area (Å²) in [5.74, 6) is 1.74. The van der Waals surface area contributed by atoms with Gasteiger partial charge in [-0.3, -0.25) is 15.6 Å². The van der Waals surface area contributed by atoms with Crippen LogP contribution in [0.1, 0.15) is 40.9 Å². The summed E-state index contributed by atoms with van der Waals surface area (Å²) in [7, 11) is 0. The molecule has 0 radical (unpaired) electrons. The van der Waals surface area contributed by atoms with E-state index in [-0.39, 0.29) is 5.78 Å². The van der Waals surface area contributed by atoms with Crippen molar-refractivity contribution in [3.05, 3.63) is 168 Å². The van der Waals surface area contributed by atoms with E-state index in [1.165, 1.54) is 0 Å². The molecule has 58 heavy (non-hydrogen) atoms. The minimum absolute atomic E-state index is 0.0400. The Morgan fingerprint density at radius 1 is 0.517 bits per heavy atom. The van der Waals surface area contributed by atoms with E-state index in [9.17, 15) is 4.79 Å². The first-order valence-corrected chi connectivity index (χ1v) is 18.7. The maximum Gasteiger partial charge on any atom is 0.250 e. The molecule has 0 aliphatic heterocycles. The van der Waals surface area contributed by atoms with Gasteiger partial charge in [-0.2, -0.15) is 10.2 Å². The largest absolute Gasteiger partial charge is 0.303 e. The number of imidazole rings is 2. The van der Waals surface area contributed by atoms with Gasteiger partial charge in [-0.05, 0) is 96.8 Å². The second-order valence-electron chi connectivity index (χ2n) is 13.7. The summed E-state index contributed by atoms with van der Waals surface area (Å²) in [6, 6.07) is 47.2. The molecule has 0 bridgehead atoms. The van der Waals surface area contributed by atoms with Crippen LogP contribution in [0.5, 0.6) is 0 Å². The summed E-state index contributed by atoms with van der Waals surface area (Å²) in [5, 5.41) is 26.6. The molecule has 0 unspecified atom stereocenters. The van der Waals surface area contributed by atoms with E-state index in [4.69, 9.17) is 9.97 Å². The Morgan fingerprint density at radius 3 is 1.38 bits per heavy atom. The van der Waals surface area contributed by atoms with Crippen LogP contribution in [0.2, 0.25) is 0 Å². The zero-order valence-corrected chi connectivity index (χ0v) is 31.7. The first kappa shape index (κ1) is 35.8. The van der Waals surface area contributed by atoms with Crippen LogP contribution in [0.15, 0.2) is 176 Å². The Kier molecular flexibility index (Phi) is 9.66. The predicted octanol–water partition coefficient (Wildman–Crippen LogP) is 10.8. The summed E-state index contributed by atoms with van der Waals surface area (Å²) in [6.07, 6.45) is 0. The Bertz CT molecular complexity index is 2740. The maximum absolute atomic E-state index is 13.3. The summed E-state index contributed by atoms with van der Waals surface area (Å²) >= 11 is 0. The van der Waals surface area contributed by atoms with Gasteiger partial charge in [-0.1, -0.05) is 84.9 Å². The molecule has 8 aromatic rings. The van der Waals surface area contributed by atoms with Gasteiger partial charge in [-0.25, -0.2) is 9.97 Å². The lowest BCUT2D eigenvalue weighted by Gasteiger charge is -2.07. The average Bonchev–Trinajstić information content (AvgIpc) is 3.89. The Morgan fingerprint density at radius 2 is 0.931 bits per heavy atom. The lowest BCUT2D eigenvalue weighted by molar-refractivity contribution is 0.104. The first-order chi connectivity index (χ1) is 28.5. The van der Waals surface area contributed by atoms with Crippen molar-refractivity contribution >= 4 is 62.8 Å². The number of rotatable bonds is 10. The zero-order valence-electron chi connectivity index (χ0n) is 31.7. The van der Waals surface area contributed by atoms with E-state index in [0.29, 0.717) is 59.2 Å². The SMILES string of the molecule is CC(N=Nc1nc2ccccc2n1Cc1ccccc1)=NNc1ccc2c(c1)-c1cc(NN=C(C)N=Nc3nc4ccccc4n3Cc3ccccc3)ccc1C2=O. The molecule has 282 valence electrons. The van der Waals surface area contributed by atoms with Gasteiger partial charge >= 0.3 is 0 Å². The number of carbonyl (C=O) groups excluding carboxylic acids is 1. The van der Waals surface area contributed by atoms with Crippen molar-refractivity contribution in [3.63, 3.8) is 0 Å². The fourth-order valence-corrected chi connectivity index (χ4v) is 6.91. The van der Waals surface area contributed by atoms with Crippen molar-refractivity contribution < 1.29 is 4.79 Å². The fraction of sp³-hybridized carbons (Fsp3) is 0.0889. The van der Waals surface area contributed by atoms with Gasteiger partial charge in [0.1, 0.15) is 0 Å². The molecule has 0 fully saturated rings. The minimum Gasteiger partial charge on any atom is -0.303 e. The Labute approximate surface area is 333 Å². The van der Waals surface area contributed by atoms with Crippen molar-refractivity contribution in [2.24, 2.45) is 30.7 Å². The van der Waals surface area contributed by atoms with Crippen LogP contribution in [0.25, 0.3) is 33.2 Å². The molecule has 2 N–H and O–H groups in total. The van der Waals surface area contributed by atoms with Gasteiger partial charge in [0.25, 0.3) is 11.9 Å². The van der Waals surface area contributed by atoms with Gasteiger partial charge in [0, 0.05) is 11.1 Å². The summed E-state index contributed by atoms with van der Waals surface area (Å²) in [6.45, 7) is 4.73. The predicted molar refractivity (Wildman–Crippen MR) is 228 cm³/mol. The molecule has 9 rings (SSSR count). The quantitative estimate of drug-likeness (QED) is 0.0615. The van der Waals surface area contributed by atoms with Crippen molar-refractivity contribution in [3.8, 4) is 11.1 Å². The molecule has 13 nitrogen and oxygen atoms in total. The van der Waals surface area contributed by atoms with E-state index in [1.54, 1.807) is 26.0 Å². The summed E-state index contributed by atoms with van der Waals surface area (Å²) in [5.41, 5.74) is 16.2. The van der Waals surface area contributed by atoms with E-state index in [2.05, 4.69) is 65.8 Å². The number of ketones is 1. The second-order valence-corrected chi connectivity index (χ2v) is 13.7. The molecule has 13 heteroatoms. The minimum atomic E-state index is -0.0400. The van der Waals surface area contributed by atoms with Crippen LogP contribution in [0.3, 0.4) is 0 Å². The third-order valence-corrected chi connectivity index (χ3v) is 9.72. The third kappa shape index (κ3) is 7.39. The smallest absolute Gasteiger partial charge is 0.250 e. The molecule has 2 aromatic heterocycles. The molecule has 6 aromatic carbocycles. The number of fused-ring (bicyclic) bond motifs is 5. The number of para-hydroxylation sites is 4. The second kappa shape index (κ2) is 15.7. The maximum atomic E-state index is 13.3. The van der Waals surface area contributed by atoms with E-state index >= 15 is 0 Å². The highest BCUT2D eigenvalue weighted by Crippen LogP contribution is 2.39. The van der Waals surface area contributed by atoms with Gasteiger partial charge in [0.2, 0.25) is 0 Å². The summed E-state index contributed by atoms with van der Waals surface area (Å²) < 4.78 is 4.07. The number of amidine groups is 2. The lowest BCUT2D eigenvalue weighted by Crippen LogP contribution is -1.99. The number of azo groups is 2. The van der Waals surface area contributed by atoms with Gasteiger partial charge < -0.3 is 9.13 Å². The monoisotopic (exact) mass is 760 g/mol. The van der Waals surface area contributed by atoms with Crippen LogP contribution in [0.4, 0.5) is 23.3 Å². The number of carbonyl (C=O) groups is 1. The van der Waals surface area contributed by atoms with Crippen LogP contribution in [-0.4, -0.2) is 36.6 Å². The lowest BCUT2D eigenvalue weighted by atomic mass is 10.0. The zero-order chi connectivity index (χ0) is 39.4. The first-order valence-electron chi connectivity index (χ1n) is 18.7. The number of hydrogen-bond acceptors (Lipinski definition) is 9. The molecule has 0 saturated heterocycles. The number of anilines is 2. The van der Waals surface area contributed by atoms with Gasteiger partial charge in [-0.15, -0.1) is 20.5 Å². The number of hydrogen-bond donors (Lipinski definition) is 2. The molecular formula is C45H36N12O. The molecule has 0 atom stereocenters. The highest BCUT2D eigenvalue weighted by Gasteiger charge is 2.27. The van der Waals surface area contributed by atoms with Gasteiger partial charge in [0.05, 0.1) is 46.5 Å². The van der Waals surface area contributed by atoms with E-state index in [0.717, 1.165) is 44.3 Å². The highest BCUT2D eigenvalue weighted by molar-refractivity contribution is 6.22. The van der Waals surface area contributed by atoms with Crippen LogP contribution >= 0.6 is 0 Å². The van der Waals surface area contributed by atoms with Crippen molar-refractivity contribution in [2.75, 3.05) is 10.9 Å². The normalized spacial score (nSPS) is 12.9. The van der Waals surface area contributed by atoms with Crippen LogP contribution in [-0.2, 0) is 13.1 Å². The topological polar surface area (TPSA) is 151 Å². The standard InChI is InChI=1S/C45H36N12O/c1-29(50-54-44-46-39-17-9-11-19-41(39)56(44)27-31-13-5-3-6-14-31)48-52-33-21-23-35-37(25-33)38-26-34(22-24-36(38)43(35)58)53-49-30(2)51-55-45-47-40-18-10-12-20-42(40)57(45)28-32-15-7-4-8-16-32/h3-26,52-53H,27-28H2,1-2H3. The molecule has 0 spiro atoms. The van der Waals surface area contributed by atoms with Gasteiger partial charge in [0.15, 0.2) is 17.5 Å². The van der Waals surface area contributed by atoms with Crippen LogP contribution in [0, 0.1) is 0 Å². The number of hydrazone groups is 2. The molecular weight excluding hydrogens is 725 g/mol. The molecule has 1 aliphatic carbocycles. The molecule has 2 heterocycles. The Hall–Kier alpha value is -7.93.